The first-order valence-electron chi connectivity index (χ1n) is 6.69. The van der Waals surface area contributed by atoms with Gasteiger partial charge < -0.3 is 10.8 Å². The number of unbranched alkanes of at least 4 members (excludes halogenated alkanes) is 2. The molecule has 104 valence electrons. The zero-order valence-corrected chi connectivity index (χ0v) is 12.1. The topological polar surface area (TPSA) is 46.2 Å². The third-order valence-electron chi connectivity index (χ3n) is 3.39. The van der Waals surface area contributed by atoms with E-state index in [9.17, 15) is 5.11 Å². The molecular weight excluding hydrogens is 258 g/mol. The number of aromatic hydroxyl groups is 1. The summed E-state index contributed by atoms with van der Waals surface area (Å²) in [5, 5.41) is 11.6. The second-order valence-electron chi connectivity index (χ2n) is 4.89. The fourth-order valence-corrected chi connectivity index (χ4v) is 2.26. The summed E-state index contributed by atoms with van der Waals surface area (Å²) < 4.78 is 0. The van der Waals surface area contributed by atoms with Gasteiger partial charge in [0.1, 0.15) is 5.75 Å². The Morgan fingerprint density at radius 3 is 2.47 bits per heavy atom. The molecule has 0 saturated heterocycles. The molecule has 0 spiro atoms. The number of halogens is 1. The molecule has 0 aliphatic carbocycles. The number of benzene rings is 2. The fraction of sp³-hybridized carbons (Fsp3) is 0.375. The number of phenolic OH excluding ortho intramolecular Hbond substituents is 1. The van der Waals surface area contributed by atoms with Gasteiger partial charge in [-0.2, -0.15) is 0 Å². The third-order valence-corrected chi connectivity index (χ3v) is 3.39. The van der Waals surface area contributed by atoms with Crippen LogP contribution in [0.4, 0.5) is 0 Å². The molecule has 0 radical (unpaired) electrons. The Balaban J connectivity index is 0.00000180. The number of phenols is 1. The van der Waals surface area contributed by atoms with Gasteiger partial charge in [0.25, 0.3) is 0 Å². The maximum atomic E-state index is 9.43. The van der Waals surface area contributed by atoms with Gasteiger partial charge >= 0.3 is 0 Å². The Labute approximate surface area is 121 Å². The van der Waals surface area contributed by atoms with E-state index in [0.717, 1.165) is 17.2 Å². The first-order chi connectivity index (χ1) is 8.70. The minimum atomic E-state index is 0. The maximum absolute atomic E-state index is 9.43. The summed E-state index contributed by atoms with van der Waals surface area (Å²) >= 11 is 0. The van der Waals surface area contributed by atoms with Crippen molar-refractivity contribution in [3.05, 3.63) is 42.0 Å². The van der Waals surface area contributed by atoms with Gasteiger partial charge in [-0.05, 0) is 41.0 Å². The van der Waals surface area contributed by atoms with Crippen LogP contribution in [0.3, 0.4) is 0 Å². The Bertz CT molecular complexity index is 527. The Morgan fingerprint density at radius 1 is 1.05 bits per heavy atom. The van der Waals surface area contributed by atoms with Crippen LogP contribution in [0.2, 0.25) is 0 Å². The van der Waals surface area contributed by atoms with E-state index in [1.807, 2.05) is 12.1 Å². The van der Waals surface area contributed by atoms with Gasteiger partial charge in [-0.1, -0.05) is 44.4 Å². The van der Waals surface area contributed by atoms with Gasteiger partial charge in [-0.25, -0.2) is 0 Å². The zero-order chi connectivity index (χ0) is 13.0. The van der Waals surface area contributed by atoms with Crippen molar-refractivity contribution in [2.75, 3.05) is 0 Å². The molecule has 0 heterocycles. The van der Waals surface area contributed by atoms with Crippen molar-refractivity contribution in [3.8, 4) is 5.75 Å². The predicted octanol–water partition coefficient (Wildman–Crippen LogP) is 4.55. The van der Waals surface area contributed by atoms with Crippen LogP contribution in [0, 0.1) is 0 Å². The molecule has 1 atom stereocenters. The summed E-state index contributed by atoms with van der Waals surface area (Å²) in [4.78, 5) is 0. The summed E-state index contributed by atoms with van der Waals surface area (Å²) in [5.74, 6) is 0.308. The van der Waals surface area contributed by atoms with Gasteiger partial charge in [0.2, 0.25) is 0 Å². The lowest BCUT2D eigenvalue weighted by atomic mass is 9.98. The van der Waals surface area contributed by atoms with Crippen molar-refractivity contribution in [3.63, 3.8) is 0 Å². The molecule has 3 heteroatoms. The maximum Gasteiger partial charge on any atom is 0.116 e. The molecule has 0 aliphatic rings. The summed E-state index contributed by atoms with van der Waals surface area (Å²) in [6.45, 7) is 2.20. The van der Waals surface area contributed by atoms with E-state index in [1.54, 1.807) is 12.1 Å². The van der Waals surface area contributed by atoms with Crippen LogP contribution < -0.4 is 5.73 Å². The molecule has 2 rings (SSSR count). The minimum Gasteiger partial charge on any atom is -0.508 e. The largest absolute Gasteiger partial charge is 0.508 e. The second-order valence-corrected chi connectivity index (χ2v) is 4.89. The highest BCUT2D eigenvalue weighted by Crippen LogP contribution is 2.25. The van der Waals surface area contributed by atoms with Crippen molar-refractivity contribution in [2.45, 2.75) is 38.6 Å². The zero-order valence-electron chi connectivity index (χ0n) is 11.3. The van der Waals surface area contributed by atoms with Crippen molar-refractivity contribution in [1.82, 2.24) is 0 Å². The third kappa shape index (κ3) is 4.12. The molecule has 3 N–H and O–H groups in total. The van der Waals surface area contributed by atoms with E-state index in [1.165, 1.54) is 24.8 Å². The molecular formula is C16H22ClNO. The van der Waals surface area contributed by atoms with Gasteiger partial charge in [0.05, 0.1) is 0 Å². The summed E-state index contributed by atoms with van der Waals surface area (Å²) in [5.41, 5.74) is 7.39. The summed E-state index contributed by atoms with van der Waals surface area (Å²) in [6, 6.07) is 11.8. The van der Waals surface area contributed by atoms with Gasteiger partial charge in [0.15, 0.2) is 0 Å². The van der Waals surface area contributed by atoms with Crippen molar-refractivity contribution < 1.29 is 5.11 Å². The molecule has 0 bridgehead atoms. The quantitative estimate of drug-likeness (QED) is 0.789. The number of hydrogen-bond donors (Lipinski definition) is 2. The van der Waals surface area contributed by atoms with Crippen LogP contribution in [-0.4, -0.2) is 5.11 Å². The molecule has 2 aromatic carbocycles. The van der Waals surface area contributed by atoms with Gasteiger partial charge in [-0.15, -0.1) is 12.4 Å². The monoisotopic (exact) mass is 279 g/mol. The number of rotatable bonds is 5. The van der Waals surface area contributed by atoms with Crippen LogP contribution in [0.25, 0.3) is 10.8 Å². The standard InChI is InChI=1S/C16H21NO.ClH/c1-2-3-4-5-16(17)14-7-6-13-11-15(18)9-8-12(13)10-14;/h6-11,16,18H,2-5,17H2,1H3;1H/t16-;/m1./s1. The lowest BCUT2D eigenvalue weighted by Gasteiger charge is -2.12. The van der Waals surface area contributed by atoms with Crippen LogP contribution in [-0.2, 0) is 0 Å². The van der Waals surface area contributed by atoms with E-state index in [2.05, 4.69) is 19.1 Å². The van der Waals surface area contributed by atoms with Crippen molar-refractivity contribution in [1.29, 1.82) is 0 Å². The van der Waals surface area contributed by atoms with Gasteiger partial charge in [-0.3, -0.25) is 0 Å². The normalized spacial score (nSPS) is 12.1. The first kappa shape index (κ1) is 15.8. The SMILES string of the molecule is CCCCC[C@@H](N)c1ccc2cc(O)ccc2c1.Cl. The van der Waals surface area contributed by atoms with Gasteiger partial charge in [0, 0.05) is 6.04 Å². The number of fused-ring (bicyclic) bond motifs is 1. The Kier molecular flexibility index (Phi) is 6.13. The average Bonchev–Trinajstić information content (AvgIpc) is 2.38. The molecule has 19 heavy (non-hydrogen) atoms. The summed E-state index contributed by atoms with van der Waals surface area (Å²) in [7, 11) is 0. The molecule has 2 nitrogen and oxygen atoms in total. The molecule has 0 unspecified atom stereocenters. The highest BCUT2D eigenvalue weighted by molar-refractivity contribution is 5.85. The Hall–Kier alpha value is -1.25. The Morgan fingerprint density at radius 2 is 1.74 bits per heavy atom. The second kappa shape index (κ2) is 7.37. The molecule has 2 aromatic rings. The smallest absolute Gasteiger partial charge is 0.116 e. The highest BCUT2D eigenvalue weighted by atomic mass is 35.5. The molecule has 0 amide bonds. The predicted molar refractivity (Wildman–Crippen MR) is 83.9 cm³/mol. The van der Waals surface area contributed by atoms with E-state index in [4.69, 9.17) is 5.73 Å². The lowest BCUT2D eigenvalue weighted by Crippen LogP contribution is -2.09. The van der Waals surface area contributed by atoms with Crippen LogP contribution in [0.5, 0.6) is 5.75 Å². The molecule has 0 aliphatic heterocycles. The first-order valence-corrected chi connectivity index (χ1v) is 6.69. The van der Waals surface area contributed by atoms with Crippen molar-refractivity contribution in [2.24, 2.45) is 5.73 Å². The molecule has 0 aromatic heterocycles. The fourth-order valence-electron chi connectivity index (χ4n) is 2.26. The average molecular weight is 280 g/mol. The van der Waals surface area contributed by atoms with Crippen LogP contribution in [0.1, 0.15) is 44.2 Å². The van der Waals surface area contributed by atoms with E-state index in [-0.39, 0.29) is 18.4 Å². The van der Waals surface area contributed by atoms with E-state index < -0.39 is 0 Å². The summed E-state index contributed by atoms with van der Waals surface area (Å²) in [6.07, 6.45) is 4.70. The number of nitrogens with two attached hydrogens (primary N) is 1. The van der Waals surface area contributed by atoms with E-state index >= 15 is 0 Å². The van der Waals surface area contributed by atoms with E-state index in [0.29, 0.717) is 5.75 Å². The molecule has 0 saturated carbocycles. The van der Waals surface area contributed by atoms with Crippen LogP contribution >= 0.6 is 12.4 Å². The lowest BCUT2D eigenvalue weighted by molar-refractivity contribution is 0.476. The number of hydrogen-bond acceptors (Lipinski definition) is 2. The molecule has 0 fully saturated rings. The minimum absolute atomic E-state index is 0. The van der Waals surface area contributed by atoms with Crippen molar-refractivity contribution >= 4 is 23.2 Å². The highest BCUT2D eigenvalue weighted by Gasteiger charge is 2.06. The van der Waals surface area contributed by atoms with Crippen LogP contribution in [0.15, 0.2) is 36.4 Å².